The Labute approximate surface area is 144 Å². The molecule has 126 valence electrons. The van der Waals surface area contributed by atoms with E-state index in [1.165, 1.54) is 11.8 Å². The lowest BCUT2D eigenvalue weighted by Crippen LogP contribution is -2.70. The number of ether oxygens (including phenoxy) is 1. The van der Waals surface area contributed by atoms with Gasteiger partial charge in [0.05, 0.1) is 5.70 Å². The summed E-state index contributed by atoms with van der Waals surface area (Å²) in [6.07, 6.45) is 0. The van der Waals surface area contributed by atoms with Crippen molar-refractivity contribution in [1.82, 2.24) is 10.2 Å². The summed E-state index contributed by atoms with van der Waals surface area (Å²) in [6.45, 7) is 3.16. The molecule has 3 rings (SSSR count). The molecule has 0 radical (unpaired) electrons. The molecule has 2 amide bonds. The van der Waals surface area contributed by atoms with Crippen LogP contribution < -0.4 is 10.1 Å². The van der Waals surface area contributed by atoms with Crippen molar-refractivity contribution in [2.45, 2.75) is 25.3 Å². The highest BCUT2D eigenvalue weighted by atomic mass is 32.2. The molecule has 2 aliphatic heterocycles. The first-order chi connectivity index (χ1) is 11.5. The van der Waals surface area contributed by atoms with Gasteiger partial charge in [0.25, 0.3) is 11.8 Å². The number of Topliss-reactive ketones (excluding diaryl/α,β-unsaturated/α-hetero) is 1. The van der Waals surface area contributed by atoms with E-state index in [2.05, 4.69) is 5.32 Å². The third-order valence-electron chi connectivity index (χ3n) is 3.92. The fourth-order valence-electron chi connectivity index (χ4n) is 2.84. The molecule has 1 saturated heterocycles. The number of nitrogens with zero attached hydrogens (tertiary/aromatic N) is 1. The Morgan fingerprint density at radius 1 is 1.33 bits per heavy atom. The first-order valence-electron chi connectivity index (χ1n) is 7.61. The number of hydrogen-bond acceptors (Lipinski definition) is 5. The molecule has 7 heteroatoms. The van der Waals surface area contributed by atoms with E-state index in [1.54, 1.807) is 23.9 Å². The lowest BCUT2D eigenvalue weighted by atomic mass is 10.0. The normalized spacial score (nSPS) is 22.6. The van der Waals surface area contributed by atoms with Gasteiger partial charge in [-0.2, -0.15) is 0 Å². The van der Waals surface area contributed by atoms with Crippen LogP contribution in [0.15, 0.2) is 41.6 Å². The quantitative estimate of drug-likeness (QED) is 0.814. The Hall–Kier alpha value is -2.28. The topological polar surface area (TPSA) is 75.7 Å². The van der Waals surface area contributed by atoms with E-state index in [1.807, 2.05) is 25.1 Å². The number of hydrogen-bond donors (Lipinski definition) is 1. The van der Waals surface area contributed by atoms with Crippen LogP contribution in [0, 0.1) is 0 Å². The lowest BCUT2D eigenvalue weighted by molar-refractivity contribution is -0.147. The molecule has 0 saturated carbocycles. The van der Waals surface area contributed by atoms with Crippen LogP contribution in [0.4, 0.5) is 0 Å². The fraction of sp³-hybridized carbons (Fsp3) is 0.353. The molecule has 1 N–H and O–H groups in total. The first kappa shape index (κ1) is 16.6. The number of allylic oxidation sites excluding steroid dienone is 1. The number of thioether (sulfide) groups is 1. The molecule has 2 aliphatic rings. The van der Waals surface area contributed by atoms with Crippen molar-refractivity contribution >= 4 is 29.4 Å². The first-order valence-corrected chi connectivity index (χ1v) is 8.66. The van der Waals surface area contributed by atoms with Crippen molar-refractivity contribution in [3.8, 4) is 5.75 Å². The van der Waals surface area contributed by atoms with Crippen LogP contribution in [0.25, 0.3) is 0 Å². The monoisotopic (exact) mass is 346 g/mol. The largest absolute Gasteiger partial charge is 0.484 e. The molecule has 0 aliphatic carbocycles. The second-order valence-electron chi connectivity index (χ2n) is 5.74. The SMILES string of the molecule is CC(=O)C1=C(C)CSC2C(NC(=O)COc3ccccc3)C(=O)N12. The van der Waals surface area contributed by atoms with Crippen molar-refractivity contribution in [1.29, 1.82) is 0 Å². The van der Waals surface area contributed by atoms with E-state index in [0.29, 0.717) is 17.2 Å². The number of ketones is 1. The number of carbonyl (C=O) groups excluding carboxylic acids is 3. The van der Waals surface area contributed by atoms with Gasteiger partial charge >= 0.3 is 0 Å². The maximum Gasteiger partial charge on any atom is 0.258 e. The lowest BCUT2D eigenvalue weighted by Gasteiger charge is -2.49. The zero-order chi connectivity index (χ0) is 17.3. The van der Waals surface area contributed by atoms with Crippen molar-refractivity contribution in [2.75, 3.05) is 12.4 Å². The number of rotatable bonds is 5. The summed E-state index contributed by atoms with van der Waals surface area (Å²) in [6, 6.07) is 8.40. The molecule has 0 bridgehead atoms. The molecule has 1 fully saturated rings. The third kappa shape index (κ3) is 3.03. The molecule has 2 atom stereocenters. The van der Waals surface area contributed by atoms with Crippen molar-refractivity contribution in [3.63, 3.8) is 0 Å². The summed E-state index contributed by atoms with van der Waals surface area (Å²) in [5.41, 5.74) is 1.36. The molecule has 6 nitrogen and oxygen atoms in total. The average Bonchev–Trinajstić information content (AvgIpc) is 2.58. The number of benzene rings is 1. The second-order valence-corrected chi connectivity index (χ2v) is 6.85. The van der Waals surface area contributed by atoms with E-state index >= 15 is 0 Å². The Kier molecular flexibility index (Phi) is 4.62. The predicted molar refractivity (Wildman–Crippen MR) is 90.3 cm³/mol. The predicted octanol–water partition coefficient (Wildman–Crippen LogP) is 1.33. The van der Waals surface area contributed by atoms with E-state index in [0.717, 1.165) is 5.57 Å². The van der Waals surface area contributed by atoms with E-state index in [4.69, 9.17) is 4.74 Å². The Morgan fingerprint density at radius 3 is 2.71 bits per heavy atom. The molecule has 0 aromatic heterocycles. The Balaban J connectivity index is 1.59. The highest BCUT2D eigenvalue weighted by Crippen LogP contribution is 2.40. The standard InChI is InChI=1S/C17H18N2O4S/c1-10-9-24-17-14(16(22)19(17)15(10)11(2)20)18-13(21)8-23-12-6-4-3-5-7-12/h3-7,14,17H,8-9H2,1-2H3,(H,18,21). The number of nitrogens with one attached hydrogen (secondary N) is 1. The molecule has 0 spiro atoms. The molecule has 1 aromatic rings. The van der Waals surface area contributed by atoms with Crippen LogP contribution in [0.2, 0.25) is 0 Å². The zero-order valence-corrected chi connectivity index (χ0v) is 14.3. The number of para-hydroxylation sites is 1. The number of fused-ring (bicyclic) bond motifs is 1. The van der Waals surface area contributed by atoms with Gasteiger partial charge < -0.3 is 10.1 Å². The van der Waals surface area contributed by atoms with Crippen LogP contribution in [0.3, 0.4) is 0 Å². The van der Waals surface area contributed by atoms with Crippen molar-refractivity contribution < 1.29 is 19.1 Å². The van der Waals surface area contributed by atoms with E-state index in [9.17, 15) is 14.4 Å². The van der Waals surface area contributed by atoms with Gasteiger partial charge in [-0.25, -0.2) is 0 Å². The average molecular weight is 346 g/mol. The number of amides is 2. The maximum absolute atomic E-state index is 12.3. The van der Waals surface area contributed by atoms with Gasteiger partial charge in [0.15, 0.2) is 12.4 Å². The maximum atomic E-state index is 12.3. The smallest absolute Gasteiger partial charge is 0.258 e. The van der Waals surface area contributed by atoms with Crippen molar-refractivity contribution in [2.24, 2.45) is 0 Å². The highest BCUT2D eigenvalue weighted by Gasteiger charge is 2.52. The Morgan fingerprint density at radius 2 is 2.04 bits per heavy atom. The van der Waals surface area contributed by atoms with Gasteiger partial charge in [0, 0.05) is 12.7 Å². The molecular weight excluding hydrogens is 328 g/mol. The summed E-state index contributed by atoms with van der Waals surface area (Å²) in [4.78, 5) is 37.6. The summed E-state index contributed by atoms with van der Waals surface area (Å²) < 4.78 is 5.38. The summed E-state index contributed by atoms with van der Waals surface area (Å²) >= 11 is 1.55. The van der Waals surface area contributed by atoms with Crippen molar-refractivity contribution in [3.05, 3.63) is 41.6 Å². The molecule has 24 heavy (non-hydrogen) atoms. The number of carbonyl (C=O) groups is 3. The summed E-state index contributed by atoms with van der Waals surface area (Å²) in [7, 11) is 0. The second kappa shape index (κ2) is 6.68. The van der Waals surface area contributed by atoms with E-state index in [-0.39, 0.29) is 29.6 Å². The van der Waals surface area contributed by atoms with Crippen LogP contribution in [0.1, 0.15) is 13.8 Å². The van der Waals surface area contributed by atoms with Gasteiger partial charge in [-0.1, -0.05) is 18.2 Å². The molecule has 2 heterocycles. The van der Waals surface area contributed by atoms with Crippen LogP contribution in [-0.2, 0) is 14.4 Å². The van der Waals surface area contributed by atoms with Crippen LogP contribution in [0.5, 0.6) is 5.75 Å². The molecule has 2 unspecified atom stereocenters. The number of β-lactam (4-membered cyclic amide) rings is 1. The molecular formula is C17H18N2O4S. The van der Waals surface area contributed by atoms with Crippen LogP contribution in [-0.4, -0.2) is 46.3 Å². The summed E-state index contributed by atoms with van der Waals surface area (Å²) in [5, 5.41) is 2.48. The highest BCUT2D eigenvalue weighted by molar-refractivity contribution is 8.00. The Bertz CT molecular complexity index is 717. The van der Waals surface area contributed by atoms with Gasteiger partial charge in [0.2, 0.25) is 0 Å². The van der Waals surface area contributed by atoms with E-state index < -0.39 is 6.04 Å². The van der Waals surface area contributed by atoms with Gasteiger partial charge in [-0.15, -0.1) is 11.8 Å². The fourth-order valence-corrected chi connectivity index (χ4v) is 4.13. The third-order valence-corrected chi connectivity index (χ3v) is 5.35. The minimum Gasteiger partial charge on any atom is -0.484 e. The zero-order valence-electron chi connectivity index (χ0n) is 13.4. The van der Waals surface area contributed by atoms with Gasteiger partial charge in [0.1, 0.15) is 17.2 Å². The molecule has 1 aromatic carbocycles. The minimum absolute atomic E-state index is 0.122. The minimum atomic E-state index is -0.607. The van der Waals surface area contributed by atoms with Crippen LogP contribution >= 0.6 is 11.8 Å². The van der Waals surface area contributed by atoms with Gasteiger partial charge in [-0.3, -0.25) is 19.3 Å². The summed E-state index contributed by atoms with van der Waals surface area (Å²) in [5.74, 6) is 0.552. The van der Waals surface area contributed by atoms with Gasteiger partial charge in [-0.05, 0) is 24.6 Å².